The number of aromatic nitrogens is 1. The minimum absolute atomic E-state index is 0.0381. The van der Waals surface area contributed by atoms with Crippen LogP contribution in [0, 0.1) is 12.7 Å². The normalized spacial score (nSPS) is 18.4. The van der Waals surface area contributed by atoms with E-state index in [1.165, 1.54) is 28.9 Å². The van der Waals surface area contributed by atoms with E-state index in [2.05, 4.69) is 26.2 Å². The van der Waals surface area contributed by atoms with E-state index in [4.69, 9.17) is 4.74 Å². The van der Waals surface area contributed by atoms with E-state index in [0.717, 1.165) is 6.07 Å². The van der Waals surface area contributed by atoms with Crippen molar-refractivity contribution in [2.45, 2.75) is 25.6 Å². The van der Waals surface area contributed by atoms with Crippen molar-refractivity contribution in [2.75, 3.05) is 44.3 Å². The summed E-state index contributed by atoms with van der Waals surface area (Å²) in [6, 6.07) is 2.84. The quantitative estimate of drug-likeness (QED) is 0.547. The van der Waals surface area contributed by atoms with Gasteiger partial charge in [-0.25, -0.2) is 4.39 Å². The maximum absolute atomic E-state index is 14.2. The molecule has 2 saturated heterocycles. The van der Waals surface area contributed by atoms with Crippen molar-refractivity contribution in [2.24, 2.45) is 0 Å². The number of halogens is 5. The maximum Gasteiger partial charge on any atom is 0.418 e. The number of benzene rings is 1. The first-order valence-electron chi connectivity index (χ1n) is 11.2. The summed E-state index contributed by atoms with van der Waals surface area (Å²) in [5.74, 6) is -2.63. The molecule has 2 aromatic rings. The number of morpholine rings is 1. The summed E-state index contributed by atoms with van der Waals surface area (Å²) in [5, 5.41) is 2.60. The van der Waals surface area contributed by atoms with Gasteiger partial charge in [0.15, 0.2) is 0 Å². The average molecular weight is 575 g/mol. The number of nitrogens with one attached hydrogen (secondary N) is 2. The molecule has 2 fully saturated rings. The van der Waals surface area contributed by atoms with Crippen LogP contribution in [0.5, 0.6) is 0 Å². The number of rotatable bonds is 4. The molecule has 2 aliphatic rings. The van der Waals surface area contributed by atoms with Gasteiger partial charge in [-0.2, -0.15) is 13.2 Å². The fraction of sp³-hybridized carbons (Fsp3) is 0.435. The average Bonchev–Trinajstić information content (AvgIpc) is 3.28. The standard InChI is InChI=1S/C23H23BrF4N4O4/c1-12-8-15(18(25)21(34)29-12)20(33)30-14-2-3-32(11-14)19-16(22(35)31-4-6-36-7-5-31)9-13(24)10-17(19)23(26,27)28/h8-10,14H,2-7,11H2,1H3,(H,29,34)(H,30,33). The first-order chi connectivity index (χ1) is 17.0. The lowest BCUT2D eigenvalue weighted by atomic mass is 10.0. The van der Waals surface area contributed by atoms with E-state index in [0.29, 0.717) is 0 Å². The molecule has 13 heteroatoms. The SMILES string of the molecule is Cc1cc(C(=O)NC2CCN(c3c(C(=O)N4CCOCC4)cc(Br)cc3C(F)(F)F)C2)c(F)c(=O)[nH]1. The predicted octanol–water partition coefficient (Wildman–Crippen LogP) is 3.08. The van der Waals surface area contributed by atoms with Gasteiger partial charge in [-0.3, -0.25) is 14.4 Å². The molecule has 1 aromatic heterocycles. The summed E-state index contributed by atoms with van der Waals surface area (Å²) in [6.45, 7) is 2.67. The van der Waals surface area contributed by atoms with Crippen LogP contribution in [0.1, 0.15) is 38.4 Å². The Hall–Kier alpha value is -2.93. The Morgan fingerprint density at radius 3 is 2.50 bits per heavy atom. The van der Waals surface area contributed by atoms with Crippen molar-refractivity contribution in [3.63, 3.8) is 0 Å². The number of carbonyl (C=O) groups excluding carboxylic acids is 2. The number of anilines is 1. The molecule has 36 heavy (non-hydrogen) atoms. The number of aryl methyl sites for hydroxylation is 1. The van der Waals surface area contributed by atoms with Gasteiger partial charge in [-0.1, -0.05) is 15.9 Å². The lowest BCUT2D eigenvalue weighted by molar-refractivity contribution is -0.137. The van der Waals surface area contributed by atoms with Gasteiger partial charge >= 0.3 is 6.18 Å². The Morgan fingerprint density at radius 1 is 1.14 bits per heavy atom. The molecule has 0 saturated carbocycles. The number of hydrogen-bond acceptors (Lipinski definition) is 5. The number of alkyl halides is 3. The second kappa shape index (κ2) is 10.2. The highest BCUT2D eigenvalue weighted by Crippen LogP contribution is 2.42. The topological polar surface area (TPSA) is 94.7 Å². The third kappa shape index (κ3) is 5.41. The van der Waals surface area contributed by atoms with E-state index in [9.17, 15) is 31.9 Å². The molecule has 2 amide bonds. The number of nitrogens with zero attached hydrogens (tertiary/aromatic N) is 2. The molecule has 2 aliphatic heterocycles. The molecule has 8 nitrogen and oxygen atoms in total. The maximum atomic E-state index is 14.2. The molecular weight excluding hydrogens is 552 g/mol. The summed E-state index contributed by atoms with van der Waals surface area (Å²) >= 11 is 3.09. The zero-order valence-electron chi connectivity index (χ0n) is 19.2. The largest absolute Gasteiger partial charge is 0.418 e. The zero-order valence-corrected chi connectivity index (χ0v) is 20.8. The number of carbonyl (C=O) groups is 2. The van der Waals surface area contributed by atoms with Crippen LogP contribution in [0.25, 0.3) is 0 Å². The van der Waals surface area contributed by atoms with Crippen LogP contribution in [-0.4, -0.2) is 67.1 Å². The van der Waals surface area contributed by atoms with Crippen molar-refractivity contribution in [1.82, 2.24) is 15.2 Å². The molecule has 0 radical (unpaired) electrons. The smallest absolute Gasteiger partial charge is 0.378 e. The number of H-pyrrole nitrogens is 1. The molecule has 4 rings (SSSR count). The van der Waals surface area contributed by atoms with Crippen LogP contribution < -0.4 is 15.8 Å². The van der Waals surface area contributed by atoms with Crippen LogP contribution in [0.2, 0.25) is 0 Å². The summed E-state index contributed by atoms with van der Waals surface area (Å²) in [5.41, 5.74) is -2.55. The van der Waals surface area contributed by atoms with Crippen molar-refractivity contribution < 1.29 is 31.9 Å². The third-order valence-electron chi connectivity index (χ3n) is 6.10. The van der Waals surface area contributed by atoms with Gasteiger partial charge in [0.05, 0.1) is 35.6 Å². The molecule has 0 aliphatic carbocycles. The molecule has 1 aromatic carbocycles. The van der Waals surface area contributed by atoms with Crippen LogP contribution in [-0.2, 0) is 10.9 Å². The summed E-state index contributed by atoms with van der Waals surface area (Å²) in [7, 11) is 0. The van der Waals surface area contributed by atoms with Crippen LogP contribution in [0.4, 0.5) is 23.2 Å². The van der Waals surface area contributed by atoms with E-state index in [-0.39, 0.29) is 67.2 Å². The first-order valence-corrected chi connectivity index (χ1v) is 12.0. The minimum atomic E-state index is -4.74. The van der Waals surface area contributed by atoms with Crippen LogP contribution >= 0.6 is 15.9 Å². The van der Waals surface area contributed by atoms with Gasteiger partial charge in [0.25, 0.3) is 17.4 Å². The highest BCUT2D eigenvalue weighted by atomic mass is 79.9. The van der Waals surface area contributed by atoms with Crippen LogP contribution in [0.15, 0.2) is 27.5 Å². The number of ether oxygens (including phenoxy) is 1. The van der Waals surface area contributed by atoms with E-state index >= 15 is 0 Å². The first kappa shape index (κ1) is 26.1. The zero-order chi connectivity index (χ0) is 26.2. The third-order valence-corrected chi connectivity index (χ3v) is 6.56. The van der Waals surface area contributed by atoms with Crippen molar-refractivity contribution in [3.8, 4) is 0 Å². The molecule has 194 valence electrons. The number of amides is 2. The molecular formula is C23H23BrF4N4O4. The molecule has 1 atom stereocenters. The molecule has 0 spiro atoms. The lowest BCUT2D eigenvalue weighted by Crippen LogP contribution is -2.42. The van der Waals surface area contributed by atoms with Gasteiger partial charge < -0.3 is 24.8 Å². The predicted molar refractivity (Wildman–Crippen MR) is 126 cm³/mol. The molecule has 0 bridgehead atoms. The minimum Gasteiger partial charge on any atom is -0.378 e. The van der Waals surface area contributed by atoms with Crippen molar-refractivity contribution >= 4 is 33.4 Å². The second-order valence-electron chi connectivity index (χ2n) is 8.67. The Balaban J connectivity index is 1.63. The Kier molecular flexibility index (Phi) is 7.41. The Labute approximate surface area is 211 Å². The second-order valence-corrected chi connectivity index (χ2v) is 9.58. The highest BCUT2D eigenvalue weighted by molar-refractivity contribution is 9.10. The van der Waals surface area contributed by atoms with Gasteiger partial charge in [0.1, 0.15) is 0 Å². The van der Waals surface area contributed by atoms with Crippen molar-refractivity contribution in [3.05, 3.63) is 61.2 Å². The van der Waals surface area contributed by atoms with E-state index < -0.39 is 46.5 Å². The van der Waals surface area contributed by atoms with E-state index in [1.54, 1.807) is 0 Å². The molecule has 1 unspecified atom stereocenters. The lowest BCUT2D eigenvalue weighted by Gasteiger charge is -2.31. The van der Waals surface area contributed by atoms with Gasteiger partial charge in [0, 0.05) is 42.4 Å². The molecule has 2 N–H and O–H groups in total. The number of aromatic amines is 1. The van der Waals surface area contributed by atoms with Crippen molar-refractivity contribution in [1.29, 1.82) is 0 Å². The van der Waals surface area contributed by atoms with Gasteiger partial charge in [0.2, 0.25) is 5.82 Å². The van der Waals surface area contributed by atoms with E-state index in [1.807, 2.05) is 0 Å². The fourth-order valence-electron chi connectivity index (χ4n) is 4.44. The van der Waals surface area contributed by atoms with Gasteiger partial charge in [-0.05, 0) is 31.5 Å². The monoisotopic (exact) mass is 574 g/mol. The fourth-order valence-corrected chi connectivity index (χ4v) is 4.90. The Morgan fingerprint density at radius 2 is 1.83 bits per heavy atom. The highest BCUT2D eigenvalue weighted by Gasteiger charge is 2.40. The number of hydrogen-bond donors (Lipinski definition) is 2. The molecule has 3 heterocycles. The summed E-state index contributed by atoms with van der Waals surface area (Å²) in [6.07, 6.45) is -4.49. The Bertz CT molecular complexity index is 1240. The van der Waals surface area contributed by atoms with Gasteiger partial charge in [-0.15, -0.1) is 0 Å². The summed E-state index contributed by atoms with van der Waals surface area (Å²) < 4.78 is 61.8. The summed E-state index contributed by atoms with van der Waals surface area (Å²) in [4.78, 5) is 42.7. The van der Waals surface area contributed by atoms with Crippen LogP contribution in [0.3, 0.4) is 0 Å². The number of pyridine rings is 1.